The van der Waals surface area contributed by atoms with Gasteiger partial charge in [0.15, 0.2) is 0 Å². The number of hydrogen-bond donors (Lipinski definition) is 1. The second-order valence-corrected chi connectivity index (χ2v) is 2.70. The van der Waals surface area contributed by atoms with Crippen molar-refractivity contribution in [1.29, 1.82) is 0 Å². The molecule has 0 bridgehead atoms. The van der Waals surface area contributed by atoms with Gasteiger partial charge < -0.3 is 5.73 Å². The van der Waals surface area contributed by atoms with E-state index in [1.807, 2.05) is 0 Å². The average molecular weight is 135 g/mol. The summed E-state index contributed by atoms with van der Waals surface area (Å²) in [6, 6.07) is 0. The van der Waals surface area contributed by atoms with Crippen LogP contribution in [0.1, 0.15) is 13.3 Å². The van der Waals surface area contributed by atoms with Crippen LogP contribution in [0.2, 0.25) is 0 Å². The number of allylic oxidation sites excluding steroid dienone is 4. The van der Waals surface area contributed by atoms with Gasteiger partial charge in [-0.25, -0.2) is 0 Å². The van der Waals surface area contributed by atoms with Crippen LogP contribution in [0.15, 0.2) is 36.1 Å². The van der Waals surface area contributed by atoms with Crippen molar-refractivity contribution < 1.29 is 0 Å². The lowest BCUT2D eigenvalue weighted by Crippen LogP contribution is -2.12. The van der Waals surface area contributed by atoms with Crippen LogP contribution >= 0.6 is 0 Å². The molecule has 1 heteroatoms. The fourth-order valence-corrected chi connectivity index (χ4v) is 1.18. The van der Waals surface area contributed by atoms with E-state index in [9.17, 15) is 0 Å². The van der Waals surface area contributed by atoms with Gasteiger partial charge in [-0.3, -0.25) is 0 Å². The first-order valence-electron chi connectivity index (χ1n) is 3.49. The highest BCUT2D eigenvalue weighted by Crippen LogP contribution is 2.23. The molecular weight excluding hydrogens is 122 g/mol. The molecule has 0 amide bonds. The molecule has 1 aliphatic rings. The van der Waals surface area contributed by atoms with Gasteiger partial charge in [0.1, 0.15) is 0 Å². The summed E-state index contributed by atoms with van der Waals surface area (Å²) in [4.78, 5) is 0. The number of rotatable bonds is 1. The van der Waals surface area contributed by atoms with E-state index in [2.05, 4.69) is 31.7 Å². The minimum absolute atomic E-state index is 0.380. The summed E-state index contributed by atoms with van der Waals surface area (Å²) in [5, 5.41) is 0. The molecule has 10 heavy (non-hydrogen) atoms. The van der Waals surface area contributed by atoms with Crippen LogP contribution in [0, 0.1) is 5.92 Å². The summed E-state index contributed by atoms with van der Waals surface area (Å²) >= 11 is 0. The third-order valence-corrected chi connectivity index (χ3v) is 1.86. The minimum atomic E-state index is 0.380. The molecular formula is C9H13N. The topological polar surface area (TPSA) is 26.0 Å². The number of hydrogen-bond acceptors (Lipinski definition) is 1. The molecule has 2 N–H and O–H groups in total. The summed E-state index contributed by atoms with van der Waals surface area (Å²) in [5.74, 6) is 0.380. The van der Waals surface area contributed by atoms with Crippen LogP contribution in [0.25, 0.3) is 0 Å². The normalized spacial score (nSPS) is 24.1. The first kappa shape index (κ1) is 7.13. The van der Waals surface area contributed by atoms with E-state index in [0.29, 0.717) is 5.92 Å². The van der Waals surface area contributed by atoms with Gasteiger partial charge in [-0.05, 0) is 13.3 Å². The third-order valence-electron chi connectivity index (χ3n) is 1.86. The van der Waals surface area contributed by atoms with Gasteiger partial charge in [0.05, 0.1) is 0 Å². The molecule has 0 saturated carbocycles. The predicted molar refractivity (Wildman–Crippen MR) is 44.3 cm³/mol. The fraction of sp³-hybridized carbons (Fsp3) is 0.333. The molecule has 0 fully saturated rings. The third kappa shape index (κ3) is 1.29. The van der Waals surface area contributed by atoms with Crippen molar-refractivity contribution in [3.63, 3.8) is 0 Å². The first-order valence-corrected chi connectivity index (χ1v) is 3.49. The van der Waals surface area contributed by atoms with Crippen LogP contribution in [-0.4, -0.2) is 0 Å². The summed E-state index contributed by atoms with van der Waals surface area (Å²) in [6.45, 7) is 5.82. The molecule has 0 radical (unpaired) electrons. The van der Waals surface area contributed by atoms with Crippen LogP contribution < -0.4 is 5.73 Å². The molecule has 1 rings (SSSR count). The molecule has 1 unspecified atom stereocenters. The van der Waals surface area contributed by atoms with Crippen LogP contribution in [0.4, 0.5) is 0 Å². The highest BCUT2D eigenvalue weighted by atomic mass is 14.6. The quantitative estimate of drug-likeness (QED) is 0.584. The molecule has 0 spiro atoms. The Morgan fingerprint density at radius 2 is 2.50 bits per heavy atom. The Hall–Kier alpha value is -0.980. The molecule has 0 aromatic rings. The van der Waals surface area contributed by atoms with Crippen LogP contribution in [0.3, 0.4) is 0 Å². The van der Waals surface area contributed by atoms with Crippen molar-refractivity contribution in [1.82, 2.24) is 0 Å². The minimum Gasteiger partial charge on any atom is -0.402 e. The summed E-state index contributed by atoms with van der Waals surface area (Å²) < 4.78 is 0. The monoisotopic (exact) mass is 135 g/mol. The van der Waals surface area contributed by atoms with Crippen molar-refractivity contribution in [2.45, 2.75) is 13.3 Å². The van der Waals surface area contributed by atoms with Crippen molar-refractivity contribution in [3.8, 4) is 0 Å². The molecule has 0 saturated heterocycles. The zero-order valence-corrected chi connectivity index (χ0v) is 6.30. The Balaban J connectivity index is 2.73. The van der Waals surface area contributed by atoms with Crippen LogP contribution in [-0.2, 0) is 0 Å². The Bertz CT molecular complexity index is 199. The Morgan fingerprint density at radius 1 is 1.80 bits per heavy atom. The van der Waals surface area contributed by atoms with Gasteiger partial charge in [0.2, 0.25) is 0 Å². The predicted octanol–water partition coefficient (Wildman–Crippen LogP) is 1.98. The molecule has 0 aromatic carbocycles. The first-order chi connectivity index (χ1) is 4.72. The van der Waals surface area contributed by atoms with Gasteiger partial charge in [0.25, 0.3) is 0 Å². The lowest BCUT2D eigenvalue weighted by molar-refractivity contribution is 0.710. The Morgan fingerprint density at radius 3 is 2.90 bits per heavy atom. The van der Waals surface area contributed by atoms with Crippen LogP contribution in [0.5, 0.6) is 0 Å². The zero-order chi connectivity index (χ0) is 7.56. The maximum atomic E-state index is 5.59. The second kappa shape index (κ2) is 2.74. The SMILES string of the molecule is C=C(N)C1CC=CC=C1C. The van der Waals surface area contributed by atoms with Gasteiger partial charge in [-0.2, -0.15) is 0 Å². The van der Waals surface area contributed by atoms with Gasteiger partial charge in [-0.15, -0.1) is 0 Å². The van der Waals surface area contributed by atoms with E-state index < -0.39 is 0 Å². The summed E-state index contributed by atoms with van der Waals surface area (Å²) in [7, 11) is 0. The van der Waals surface area contributed by atoms with Crippen molar-refractivity contribution in [2.75, 3.05) is 0 Å². The van der Waals surface area contributed by atoms with Gasteiger partial charge in [0, 0.05) is 11.6 Å². The van der Waals surface area contributed by atoms with E-state index in [1.54, 1.807) is 0 Å². The summed E-state index contributed by atoms with van der Waals surface area (Å²) in [6.07, 6.45) is 7.29. The van der Waals surface area contributed by atoms with Gasteiger partial charge >= 0.3 is 0 Å². The number of nitrogens with two attached hydrogens (primary N) is 1. The van der Waals surface area contributed by atoms with Gasteiger partial charge in [-0.1, -0.05) is 30.4 Å². The maximum absolute atomic E-state index is 5.59. The lowest BCUT2D eigenvalue weighted by Gasteiger charge is -2.17. The molecule has 0 heterocycles. The Kier molecular flexibility index (Phi) is 1.95. The molecule has 1 nitrogen and oxygen atoms in total. The molecule has 0 aromatic heterocycles. The molecule has 1 atom stereocenters. The van der Waals surface area contributed by atoms with E-state index in [0.717, 1.165) is 12.1 Å². The van der Waals surface area contributed by atoms with E-state index in [-0.39, 0.29) is 0 Å². The standard InChI is InChI=1S/C9H13N/c1-7-5-3-4-6-9(7)8(2)10/h3-5,9H,2,6,10H2,1H3. The molecule has 1 aliphatic carbocycles. The summed E-state index contributed by atoms with van der Waals surface area (Å²) in [5.41, 5.74) is 7.68. The maximum Gasteiger partial charge on any atom is 0.0223 e. The van der Waals surface area contributed by atoms with Crippen molar-refractivity contribution >= 4 is 0 Å². The average Bonchev–Trinajstić information content (AvgIpc) is 1.88. The highest BCUT2D eigenvalue weighted by Gasteiger charge is 2.11. The van der Waals surface area contributed by atoms with E-state index >= 15 is 0 Å². The lowest BCUT2D eigenvalue weighted by atomic mass is 9.91. The zero-order valence-electron chi connectivity index (χ0n) is 6.30. The Labute approximate surface area is 61.9 Å². The molecule has 0 aliphatic heterocycles. The fourth-order valence-electron chi connectivity index (χ4n) is 1.18. The highest BCUT2D eigenvalue weighted by molar-refractivity contribution is 5.25. The van der Waals surface area contributed by atoms with E-state index in [4.69, 9.17) is 5.73 Å². The molecule has 54 valence electrons. The van der Waals surface area contributed by atoms with Crippen molar-refractivity contribution in [3.05, 3.63) is 36.1 Å². The largest absolute Gasteiger partial charge is 0.402 e. The van der Waals surface area contributed by atoms with E-state index in [1.165, 1.54) is 5.57 Å². The van der Waals surface area contributed by atoms with Crippen molar-refractivity contribution in [2.24, 2.45) is 11.7 Å². The second-order valence-electron chi connectivity index (χ2n) is 2.70. The smallest absolute Gasteiger partial charge is 0.0223 e.